The Morgan fingerprint density at radius 3 is 2.79 bits per heavy atom. The molecule has 1 aliphatic heterocycles. The van der Waals surface area contributed by atoms with E-state index in [-0.39, 0.29) is 11.8 Å². The molecule has 4 N–H and O–H groups in total. The lowest BCUT2D eigenvalue weighted by Crippen LogP contribution is -2.40. The van der Waals surface area contributed by atoms with Gasteiger partial charge in [-0.2, -0.15) is 0 Å². The summed E-state index contributed by atoms with van der Waals surface area (Å²) in [5.41, 5.74) is 7.63. The van der Waals surface area contributed by atoms with Crippen molar-refractivity contribution in [2.45, 2.75) is 19.0 Å². The number of methoxy groups -OCH3 is 2. The third-order valence-corrected chi connectivity index (χ3v) is 3.83. The van der Waals surface area contributed by atoms with Crippen LogP contribution in [0.3, 0.4) is 0 Å². The molecule has 0 spiro atoms. The van der Waals surface area contributed by atoms with Gasteiger partial charge >= 0.3 is 0 Å². The number of nitrogens with two attached hydrogens (primary N) is 2. The molecule has 1 aliphatic rings. The molecule has 1 atom stereocenters. The average molecular weight is 332 g/mol. The number of benzene rings is 1. The van der Waals surface area contributed by atoms with Gasteiger partial charge in [-0.05, 0) is 18.2 Å². The first kappa shape index (κ1) is 17.7. The van der Waals surface area contributed by atoms with Crippen LogP contribution < -0.4 is 21.1 Å². The number of allylic oxidation sites excluding steroid dienone is 1. The standard InChI is InChI=1S/C17H24N4O3/c1-20(19)11-15(18)16-8-13(22)6-7-21(16)10-12-4-5-14(23-2)9-17(12)24-3/h4-7,9,11,16H,8,10,18-19H2,1-3H3/b15-11-. The molecule has 0 saturated heterocycles. The van der Waals surface area contributed by atoms with Crippen molar-refractivity contribution in [3.63, 3.8) is 0 Å². The predicted octanol–water partition coefficient (Wildman–Crippen LogP) is 0.967. The molecule has 7 heteroatoms. The third-order valence-electron chi connectivity index (χ3n) is 3.83. The van der Waals surface area contributed by atoms with E-state index in [0.717, 1.165) is 17.1 Å². The zero-order valence-corrected chi connectivity index (χ0v) is 14.2. The quantitative estimate of drug-likeness (QED) is 0.592. The van der Waals surface area contributed by atoms with E-state index in [2.05, 4.69) is 0 Å². The maximum absolute atomic E-state index is 11.8. The number of carbonyl (C=O) groups excluding carboxylic acids is 1. The fourth-order valence-corrected chi connectivity index (χ4v) is 2.63. The Balaban J connectivity index is 2.28. The van der Waals surface area contributed by atoms with Gasteiger partial charge in [0.15, 0.2) is 5.78 Å². The number of hydrazine groups is 1. The summed E-state index contributed by atoms with van der Waals surface area (Å²) < 4.78 is 10.7. The number of nitrogens with zero attached hydrogens (tertiary/aromatic N) is 2. The molecular formula is C17H24N4O3. The summed E-state index contributed by atoms with van der Waals surface area (Å²) in [6, 6.07) is 5.39. The lowest BCUT2D eigenvalue weighted by molar-refractivity contribution is -0.116. The highest BCUT2D eigenvalue weighted by atomic mass is 16.5. The summed E-state index contributed by atoms with van der Waals surface area (Å²) in [5.74, 6) is 7.11. The number of rotatable bonds is 6. The van der Waals surface area contributed by atoms with Gasteiger partial charge in [-0.3, -0.25) is 4.79 Å². The Morgan fingerprint density at radius 1 is 1.42 bits per heavy atom. The summed E-state index contributed by atoms with van der Waals surface area (Å²) >= 11 is 0. The van der Waals surface area contributed by atoms with Gasteiger partial charge < -0.3 is 25.1 Å². The van der Waals surface area contributed by atoms with Crippen molar-refractivity contribution in [1.82, 2.24) is 9.91 Å². The largest absolute Gasteiger partial charge is 0.497 e. The van der Waals surface area contributed by atoms with Gasteiger partial charge in [0.2, 0.25) is 0 Å². The van der Waals surface area contributed by atoms with E-state index in [4.69, 9.17) is 21.1 Å². The fourth-order valence-electron chi connectivity index (χ4n) is 2.63. The molecule has 7 nitrogen and oxygen atoms in total. The lowest BCUT2D eigenvalue weighted by Gasteiger charge is -2.33. The number of ether oxygens (including phenoxy) is 2. The molecule has 1 heterocycles. The zero-order valence-electron chi connectivity index (χ0n) is 14.2. The molecule has 24 heavy (non-hydrogen) atoms. The first-order valence-electron chi connectivity index (χ1n) is 7.57. The van der Waals surface area contributed by atoms with Crippen molar-refractivity contribution in [3.05, 3.63) is 47.9 Å². The average Bonchev–Trinajstić information content (AvgIpc) is 2.56. The van der Waals surface area contributed by atoms with Crippen molar-refractivity contribution in [2.75, 3.05) is 21.3 Å². The van der Waals surface area contributed by atoms with Crippen molar-refractivity contribution < 1.29 is 14.3 Å². The van der Waals surface area contributed by atoms with Crippen LogP contribution in [0.5, 0.6) is 11.5 Å². The van der Waals surface area contributed by atoms with Crippen molar-refractivity contribution in [1.29, 1.82) is 0 Å². The highest BCUT2D eigenvalue weighted by Crippen LogP contribution is 2.28. The minimum atomic E-state index is -0.250. The van der Waals surface area contributed by atoms with Crippen LogP contribution >= 0.6 is 0 Å². The maximum atomic E-state index is 11.8. The van der Waals surface area contributed by atoms with E-state index >= 15 is 0 Å². The number of hydrogen-bond acceptors (Lipinski definition) is 7. The van der Waals surface area contributed by atoms with Crippen LogP contribution in [0.15, 0.2) is 42.4 Å². The zero-order chi connectivity index (χ0) is 17.7. The molecule has 0 aliphatic carbocycles. The van der Waals surface area contributed by atoms with Crippen molar-refractivity contribution >= 4 is 5.78 Å². The molecule has 0 saturated carbocycles. The van der Waals surface area contributed by atoms with E-state index in [1.165, 1.54) is 5.01 Å². The molecule has 2 rings (SSSR count). The van der Waals surface area contributed by atoms with Crippen LogP contribution in [0, 0.1) is 0 Å². The van der Waals surface area contributed by atoms with Crippen LogP contribution in [-0.4, -0.2) is 43.0 Å². The molecule has 0 radical (unpaired) electrons. The van der Waals surface area contributed by atoms with Gasteiger partial charge in [0.05, 0.1) is 20.3 Å². The first-order chi connectivity index (χ1) is 11.4. The van der Waals surface area contributed by atoms with E-state index < -0.39 is 0 Å². The predicted molar refractivity (Wildman–Crippen MR) is 91.9 cm³/mol. The summed E-state index contributed by atoms with van der Waals surface area (Å²) in [6.45, 7) is 0.546. The Bertz CT molecular complexity index is 655. The van der Waals surface area contributed by atoms with Crippen molar-refractivity contribution in [2.24, 2.45) is 11.6 Å². The third kappa shape index (κ3) is 4.20. The first-order valence-corrected chi connectivity index (χ1v) is 7.57. The van der Waals surface area contributed by atoms with E-state index in [1.807, 2.05) is 23.1 Å². The van der Waals surface area contributed by atoms with Gasteiger partial charge in [0, 0.05) is 49.7 Å². The molecular weight excluding hydrogens is 308 g/mol. The fraction of sp³-hybridized carbons (Fsp3) is 0.353. The van der Waals surface area contributed by atoms with Crippen LogP contribution in [0.25, 0.3) is 0 Å². The maximum Gasteiger partial charge on any atom is 0.159 e. The summed E-state index contributed by atoms with van der Waals surface area (Å²) in [6.07, 6.45) is 5.25. The Labute approximate surface area is 142 Å². The highest BCUT2D eigenvalue weighted by molar-refractivity contribution is 5.91. The van der Waals surface area contributed by atoms with Crippen LogP contribution in [0.2, 0.25) is 0 Å². The molecule has 1 unspecified atom stereocenters. The van der Waals surface area contributed by atoms with E-state index in [1.54, 1.807) is 39.7 Å². The van der Waals surface area contributed by atoms with Gasteiger partial charge in [-0.1, -0.05) is 0 Å². The second-order valence-electron chi connectivity index (χ2n) is 5.65. The Morgan fingerprint density at radius 2 is 2.17 bits per heavy atom. The van der Waals surface area contributed by atoms with Gasteiger partial charge in [-0.15, -0.1) is 0 Å². The molecule has 0 amide bonds. The van der Waals surface area contributed by atoms with Crippen LogP contribution in [0.1, 0.15) is 12.0 Å². The molecule has 0 fully saturated rings. The SMILES string of the molecule is COc1ccc(CN2C=CC(=O)CC2/C(N)=C/N(C)N)c(OC)c1. The Kier molecular flexibility index (Phi) is 5.70. The molecule has 0 bridgehead atoms. The van der Waals surface area contributed by atoms with E-state index in [9.17, 15) is 4.79 Å². The van der Waals surface area contributed by atoms with Crippen LogP contribution in [0.4, 0.5) is 0 Å². The summed E-state index contributed by atoms with van der Waals surface area (Å²) in [5, 5.41) is 1.38. The van der Waals surface area contributed by atoms with Crippen molar-refractivity contribution in [3.8, 4) is 11.5 Å². The second kappa shape index (κ2) is 7.74. The molecule has 130 valence electrons. The smallest absolute Gasteiger partial charge is 0.159 e. The van der Waals surface area contributed by atoms with Gasteiger partial charge in [0.1, 0.15) is 11.5 Å². The highest BCUT2D eigenvalue weighted by Gasteiger charge is 2.25. The van der Waals surface area contributed by atoms with E-state index in [0.29, 0.717) is 18.7 Å². The summed E-state index contributed by atoms with van der Waals surface area (Å²) in [7, 11) is 4.91. The lowest BCUT2D eigenvalue weighted by atomic mass is 10.0. The number of hydrogen-bond donors (Lipinski definition) is 2. The molecule has 0 aromatic heterocycles. The number of ketones is 1. The monoisotopic (exact) mass is 332 g/mol. The minimum Gasteiger partial charge on any atom is -0.497 e. The van der Waals surface area contributed by atoms with Gasteiger partial charge in [-0.25, -0.2) is 5.84 Å². The normalized spacial score (nSPS) is 17.8. The van der Waals surface area contributed by atoms with Gasteiger partial charge in [0.25, 0.3) is 0 Å². The molecule has 1 aromatic rings. The second-order valence-corrected chi connectivity index (χ2v) is 5.65. The Hall–Kier alpha value is -2.67. The molecule has 1 aromatic carbocycles. The minimum absolute atomic E-state index is 0.0361. The number of carbonyl (C=O) groups is 1. The van der Waals surface area contributed by atoms with Crippen LogP contribution in [-0.2, 0) is 11.3 Å². The topological polar surface area (TPSA) is 94.1 Å². The summed E-state index contributed by atoms with van der Waals surface area (Å²) in [4.78, 5) is 13.8.